The molecule has 2 aliphatic carbocycles. The van der Waals surface area contributed by atoms with Gasteiger partial charge in [0.2, 0.25) is 0 Å². The fraction of sp³-hybridized carbons (Fsp3) is 0.176. The molecule has 0 bridgehead atoms. The molecule has 4 rings (SSSR count). The molecule has 112 valence electrons. The Morgan fingerprint density at radius 2 is 2.09 bits per heavy atom. The van der Waals surface area contributed by atoms with E-state index < -0.39 is 23.2 Å². The van der Waals surface area contributed by atoms with Crippen LogP contribution in [-0.4, -0.2) is 5.25 Å². The maximum Gasteiger partial charge on any atom is -1.00 e. The maximum absolute atomic E-state index is 2.51. The van der Waals surface area contributed by atoms with Gasteiger partial charge < -0.3 is 24.8 Å². The zero-order valence-electron chi connectivity index (χ0n) is 11.9. The summed E-state index contributed by atoms with van der Waals surface area (Å²) >= 11 is 3.93. The third-order valence-corrected chi connectivity index (χ3v) is 9.97. The zero-order valence-corrected chi connectivity index (χ0v) is 18.8. The number of benzene rings is 1. The van der Waals surface area contributed by atoms with E-state index in [9.17, 15) is 0 Å². The molecular weight excluding hydrogens is 525 g/mol. The number of hydrogen-bond acceptors (Lipinski definition) is 1. The number of rotatable bonds is 2. The van der Waals surface area contributed by atoms with Crippen LogP contribution in [0.3, 0.4) is 0 Å². The van der Waals surface area contributed by atoms with Crippen LogP contribution in [0.4, 0.5) is 0 Å². The second-order valence-corrected chi connectivity index (χ2v) is 11.0. The van der Waals surface area contributed by atoms with Gasteiger partial charge in [0.25, 0.3) is 0 Å². The van der Waals surface area contributed by atoms with Crippen molar-refractivity contribution in [1.29, 1.82) is 0 Å². The Kier molecular flexibility index (Phi) is 6.70. The molecule has 1 heterocycles. The Morgan fingerprint density at radius 3 is 2.82 bits per heavy atom. The van der Waals surface area contributed by atoms with E-state index in [1.54, 1.807) is 23.3 Å². The number of halogens is 3. The van der Waals surface area contributed by atoms with Crippen LogP contribution >= 0.6 is 34.4 Å². The molecule has 1 unspecified atom stereocenters. The van der Waals surface area contributed by atoms with E-state index >= 15 is 0 Å². The average Bonchev–Trinajstić information content (AvgIpc) is 3.08. The van der Waals surface area contributed by atoms with Gasteiger partial charge in [0, 0.05) is 0 Å². The van der Waals surface area contributed by atoms with Crippen molar-refractivity contribution in [2.24, 2.45) is 0 Å². The Hall–Kier alpha value is 0.723. The summed E-state index contributed by atoms with van der Waals surface area (Å²) in [7, 11) is 0. The van der Waals surface area contributed by atoms with E-state index in [4.69, 9.17) is 0 Å². The summed E-state index contributed by atoms with van der Waals surface area (Å²) in [4.78, 5) is 1.48. The Balaban J connectivity index is 0.000000882. The van der Waals surface area contributed by atoms with E-state index in [1.807, 2.05) is 11.8 Å². The second-order valence-electron chi connectivity index (χ2n) is 5.24. The summed E-state index contributed by atoms with van der Waals surface area (Å²) in [5.74, 6) is 0. The standard InChI is InChI=1S/C12H8IS.C5H5.2ClH.Zr/c1-7-5-8-11(6-7)14-10-4-2-3-9(13)12(8)10;1-2-4-5-3-1;;;/h2-4,6,11H,1H3;1-3H,4H2;2*1H;/q;;;;+2/p-2. The first-order valence-electron chi connectivity index (χ1n) is 6.75. The molecule has 0 aromatic heterocycles. The van der Waals surface area contributed by atoms with E-state index in [2.05, 4.69) is 72.0 Å². The third-order valence-electron chi connectivity index (χ3n) is 3.91. The first kappa shape index (κ1) is 19.1. The Labute approximate surface area is 173 Å². The zero-order chi connectivity index (χ0) is 13.7. The minimum Gasteiger partial charge on any atom is -1.00 e. The Morgan fingerprint density at radius 1 is 1.27 bits per heavy atom. The van der Waals surface area contributed by atoms with Crippen molar-refractivity contribution >= 4 is 39.9 Å². The monoisotopic (exact) mass is 536 g/mol. The van der Waals surface area contributed by atoms with Crippen LogP contribution < -0.4 is 24.8 Å². The van der Waals surface area contributed by atoms with Crippen LogP contribution in [0.5, 0.6) is 0 Å². The van der Waals surface area contributed by atoms with Gasteiger partial charge in [-0.2, -0.15) is 0 Å². The van der Waals surface area contributed by atoms with Gasteiger partial charge in [-0.1, -0.05) is 0 Å². The summed E-state index contributed by atoms with van der Waals surface area (Å²) in [6.45, 7) is 2.32. The molecule has 0 radical (unpaired) electrons. The molecule has 0 saturated carbocycles. The number of allylic oxidation sites excluding steroid dienone is 6. The summed E-state index contributed by atoms with van der Waals surface area (Å²) < 4.78 is 4.88. The molecule has 1 aromatic rings. The summed E-state index contributed by atoms with van der Waals surface area (Å²) in [5, 5.41) is 0.590. The van der Waals surface area contributed by atoms with Crippen LogP contribution in [0, 0.1) is 3.57 Å². The number of hydrogen-bond donors (Lipinski definition) is 0. The summed E-state index contributed by atoms with van der Waals surface area (Å²) in [6, 6.07) is 6.73. The third kappa shape index (κ3) is 3.26. The SMILES string of the molecule is CC1=CC2Sc3cccc(I)c3C2=[C]1[Zr+2][C]1=CC=CC1.[Cl-].[Cl-]. The molecule has 0 amide bonds. The van der Waals surface area contributed by atoms with Crippen molar-refractivity contribution in [3.63, 3.8) is 0 Å². The molecule has 0 nitrogen and oxygen atoms in total. The maximum atomic E-state index is 2.51. The van der Waals surface area contributed by atoms with Crippen molar-refractivity contribution in [3.05, 3.63) is 63.8 Å². The first-order chi connectivity index (χ1) is 9.74. The van der Waals surface area contributed by atoms with Crippen molar-refractivity contribution in [2.45, 2.75) is 23.5 Å². The van der Waals surface area contributed by atoms with Crippen molar-refractivity contribution in [1.82, 2.24) is 0 Å². The molecule has 5 heteroatoms. The van der Waals surface area contributed by atoms with Gasteiger partial charge in [-0.15, -0.1) is 0 Å². The van der Waals surface area contributed by atoms with E-state index in [-0.39, 0.29) is 24.8 Å². The molecule has 3 aliphatic rings. The topological polar surface area (TPSA) is 0 Å². The van der Waals surface area contributed by atoms with Crippen LogP contribution in [-0.2, 0) is 23.2 Å². The van der Waals surface area contributed by atoms with E-state index in [1.165, 1.54) is 14.9 Å². The van der Waals surface area contributed by atoms with Gasteiger partial charge in [0.05, 0.1) is 0 Å². The quantitative estimate of drug-likeness (QED) is 0.453. The number of thioether (sulfide) groups is 1. The van der Waals surface area contributed by atoms with Crippen molar-refractivity contribution in [2.75, 3.05) is 0 Å². The molecule has 0 saturated heterocycles. The van der Waals surface area contributed by atoms with Gasteiger partial charge in [-0.3, -0.25) is 0 Å². The summed E-state index contributed by atoms with van der Waals surface area (Å²) in [5.41, 5.74) is 4.76. The molecule has 0 fully saturated rings. The van der Waals surface area contributed by atoms with Gasteiger partial charge in [-0.05, 0) is 0 Å². The minimum absolute atomic E-state index is 0. The number of fused-ring (bicyclic) bond motifs is 3. The molecule has 1 aromatic carbocycles. The van der Waals surface area contributed by atoms with Crippen molar-refractivity contribution in [3.8, 4) is 0 Å². The largest absolute Gasteiger partial charge is 1.00 e. The first-order valence-corrected chi connectivity index (χ1v) is 11.2. The fourth-order valence-electron chi connectivity index (χ4n) is 2.98. The molecular formula is C17H13Cl2ISZr. The average molecular weight is 538 g/mol. The smallest absolute Gasteiger partial charge is 1.00 e. The van der Waals surface area contributed by atoms with Crippen LogP contribution in [0.1, 0.15) is 18.9 Å². The van der Waals surface area contributed by atoms with Gasteiger partial charge in [-0.25, -0.2) is 0 Å². The van der Waals surface area contributed by atoms with Crippen LogP contribution in [0.2, 0.25) is 0 Å². The van der Waals surface area contributed by atoms with Gasteiger partial charge >= 0.3 is 150 Å². The summed E-state index contributed by atoms with van der Waals surface area (Å²) in [6.07, 6.45) is 10.6. The normalized spacial score (nSPS) is 20.5. The predicted octanol–water partition coefficient (Wildman–Crippen LogP) is -0.629. The van der Waals surface area contributed by atoms with Crippen LogP contribution in [0.25, 0.3) is 5.57 Å². The van der Waals surface area contributed by atoms with Gasteiger partial charge in [0.15, 0.2) is 0 Å². The van der Waals surface area contributed by atoms with Crippen molar-refractivity contribution < 1.29 is 48.0 Å². The molecule has 22 heavy (non-hydrogen) atoms. The predicted molar refractivity (Wildman–Crippen MR) is 91.3 cm³/mol. The molecule has 0 spiro atoms. The molecule has 1 atom stereocenters. The van der Waals surface area contributed by atoms with E-state index in [0.29, 0.717) is 5.25 Å². The minimum atomic E-state index is -0.612. The molecule has 1 aliphatic heterocycles. The fourth-order valence-corrected chi connectivity index (χ4v) is 9.08. The van der Waals surface area contributed by atoms with E-state index in [0.717, 1.165) is 0 Å². The second kappa shape index (κ2) is 7.74. The van der Waals surface area contributed by atoms with Gasteiger partial charge in [0.1, 0.15) is 0 Å². The van der Waals surface area contributed by atoms with Crippen LogP contribution in [0.15, 0.2) is 59.5 Å². The molecule has 0 N–H and O–H groups in total. The Bertz CT molecular complexity index is 734.